The number of nitrogens with zero attached hydrogens (tertiary/aromatic N) is 3. The van der Waals surface area contributed by atoms with Gasteiger partial charge in [0.2, 0.25) is 6.79 Å². The smallest absolute Gasteiger partial charge is 0.276 e. The van der Waals surface area contributed by atoms with E-state index in [0.29, 0.717) is 34.6 Å². The van der Waals surface area contributed by atoms with Crippen molar-refractivity contribution in [2.45, 2.75) is 6.92 Å². The molecule has 0 saturated heterocycles. The van der Waals surface area contributed by atoms with Crippen molar-refractivity contribution in [3.8, 4) is 11.5 Å². The number of hydrogen-bond acceptors (Lipinski definition) is 8. The van der Waals surface area contributed by atoms with Crippen molar-refractivity contribution >= 4 is 23.2 Å². The zero-order chi connectivity index (χ0) is 17.2. The summed E-state index contributed by atoms with van der Waals surface area (Å²) in [6.07, 6.45) is 0. The standard InChI is InChI=1S/C16H13N5O4/c1-9-6-15(21-25-9)18-14-5-3-11(19-20-14)16(22)17-10-2-4-12-13(7-10)24-8-23-12/h2-7H,8H2,1H3,(H,17,22)(H,18,20,21). The summed E-state index contributed by atoms with van der Waals surface area (Å²) in [5.74, 6) is 2.50. The van der Waals surface area contributed by atoms with Crippen LogP contribution in [-0.4, -0.2) is 28.1 Å². The topological polar surface area (TPSA) is 111 Å². The Kier molecular flexibility index (Phi) is 3.65. The quantitative estimate of drug-likeness (QED) is 0.746. The highest BCUT2D eigenvalue weighted by Crippen LogP contribution is 2.34. The van der Waals surface area contributed by atoms with Gasteiger partial charge in [-0.05, 0) is 31.2 Å². The van der Waals surface area contributed by atoms with Gasteiger partial charge in [0.15, 0.2) is 28.8 Å². The molecule has 3 heterocycles. The van der Waals surface area contributed by atoms with Crippen LogP contribution in [0, 0.1) is 6.92 Å². The molecule has 0 bridgehead atoms. The van der Waals surface area contributed by atoms with Gasteiger partial charge < -0.3 is 24.6 Å². The second-order valence-electron chi connectivity index (χ2n) is 5.27. The minimum atomic E-state index is -0.379. The van der Waals surface area contributed by atoms with Crippen LogP contribution in [0.2, 0.25) is 0 Å². The van der Waals surface area contributed by atoms with Gasteiger partial charge in [0.25, 0.3) is 5.91 Å². The number of benzene rings is 1. The van der Waals surface area contributed by atoms with E-state index in [-0.39, 0.29) is 18.4 Å². The minimum absolute atomic E-state index is 0.178. The van der Waals surface area contributed by atoms with Gasteiger partial charge in [-0.3, -0.25) is 4.79 Å². The monoisotopic (exact) mass is 339 g/mol. The van der Waals surface area contributed by atoms with Crippen LogP contribution in [0.3, 0.4) is 0 Å². The van der Waals surface area contributed by atoms with Crippen molar-refractivity contribution < 1.29 is 18.8 Å². The average Bonchev–Trinajstić information content (AvgIpc) is 3.24. The normalized spacial score (nSPS) is 12.0. The molecule has 126 valence electrons. The van der Waals surface area contributed by atoms with Gasteiger partial charge in [0.05, 0.1) is 0 Å². The third-order valence-electron chi connectivity index (χ3n) is 3.41. The summed E-state index contributed by atoms with van der Waals surface area (Å²) < 4.78 is 15.5. The van der Waals surface area contributed by atoms with Gasteiger partial charge in [0.1, 0.15) is 5.76 Å². The van der Waals surface area contributed by atoms with E-state index in [9.17, 15) is 4.79 Å². The number of hydrogen-bond donors (Lipinski definition) is 2. The molecule has 1 amide bonds. The molecule has 0 aliphatic carbocycles. The Balaban J connectivity index is 1.43. The Bertz CT molecular complexity index is 923. The molecule has 4 rings (SSSR count). The molecule has 2 N–H and O–H groups in total. The number of aryl methyl sites for hydroxylation is 1. The lowest BCUT2D eigenvalue weighted by molar-refractivity contribution is 0.102. The van der Waals surface area contributed by atoms with Crippen LogP contribution in [-0.2, 0) is 0 Å². The SMILES string of the molecule is Cc1cc(Nc2ccc(C(=O)Nc3ccc4c(c3)OCO4)nn2)no1. The van der Waals surface area contributed by atoms with Crippen LogP contribution in [0.1, 0.15) is 16.2 Å². The van der Waals surface area contributed by atoms with Gasteiger partial charge in [-0.2, -0.15) is 0 Å². The molecule has 3 aromatic rings. The van der Waals surface area contributed by atoms with Crippen LogP contribution < -0.4 is 20.1 Å². The number of amides is 1. The lowest BCUT2D eigenvalue weighted by Crippen LogP contribution is -2.14. The summed E-state index contributed by atoms with van der Waals surface area (Å²) in [5, 5.41) is 17.3. The predicted molar refractivity (Wildman–Crippen MR) is 87.1 cm³/mol. The molecule has 0 unspecified atom stereocenters. The largest absolute Gasteiger partial charge is 0.454 e. The van der Waals surface area contributed by atoms with Gasteiger partial charge in [0, 0.05) is 17.8 Å². The number of rotatable bonds is 4. The van der Waals surface area contributed by atoms with E-state index in [1.807, 2.05) is 0 Å². The Morgan fingerprint density at radius 2 is 1.92 bits per heavy atom. The minimum Gasteiger partial charge on any atom is -0.454 e. The first kappa shape index (κ1) is 14.9. The first-order valence-corrected chi connectivity index (χ1v) is 7.42. The molecule has 1 aromatic carbocycles. The van der Waals surface area contributed by atoms with Crippen LogP contribution in [0.5, 0.6) is 11.5 Å². The van der Waals surface area contributed by atoms with E-state index >= 15 is 0 Å². The summed E-state index contributed by atoms with van der Waals surface area (Å²) in [5.41, 5.74) is 0.760. The van der Waals surface area contributed by atoms with Gasteiger partial charge in [-0.25, -0.2) is 0 Å². The van der Waals surface area contributed by atoms with E-state index in [0.717, 1.165) is 0 Å². The van der Waals surface area contributed by atoms with Crippen molar-refractivity contribution in [1.29, 1.82) is 0 Å². The van der Waals surface area contributed by atoms with E-state index in [1.54, 1.807) is 43.3 Å². The number of aromatic nitrogens is 3. The molecule has 0 atom stereocenters. The molecule has 2 aromatic heterocycles. The summed E-state index contributed by atoms with van der Waals surface area (Å²) in [4.78, 5) is 12.3. The molecule has 0 radical (unpaired) electrons. The Morgan fingerprint density at radius 1 is 1.04 bits per heavy atom. The maximum Gasteiger partial charge on any atom is 0.276 e. The maximum absolute atomic E-state index is 12.3. The second-order valence-corrected chi connectivity index (χ2v) is 5.27. The van der Waals surface area contributed by atoms with Crippen LogP contribution in [0.4, 0.5) is 17.3 Å². The lowest BCUT2D eigenvalue weighted by Gasteiger charge is -2.06. The highest BCUT2D eigenvalue weighted by molar-refractivity contribution is 6.03. The highest BCUT2D eigenvalue weighted by atomic mass is 16.7. The Labute approximate surface area is 141 Å². The summed E-state index contributed by atoms with van der Waals surface area (Å²) in [6, 6.07) is 10.1. The molecule has 1 aliphatic heterocycles. The van der Waals surface area contributed by atoms with Gasteiger partial charge in [-0.1, -0.05) is 5.16 Å². The molecule has 1 aliphatic rings. The number of ether oxygens (including phenoxy) is 2. The Hall–Kier alpha value is -3.62. The first-order valence-electron chi connectivity index (χ1n) is 7.42. The highest BCUT2D eigenvalue weighted by Gasteiger charge is 2.15. The van der Waals surface area contributed by atoms with Crippen LogP contribution in [0.15, 0.2) is 40.9 Å². The van der Waals surface area contributed by atoms with Crippen LogP contribution in [0.25, 0.3) is 0 Å². The van der Waals surface area contributed by atoms with Crippen molar-refractivity contribution in [1.82, 2.24) is 15.4 Å². The van der Waals surface area contributed by atoms with Gasteiger partial charge in [-0.15, -0.1) is 10.2 Å². The van der Waals surface area contributed by atoms with E-state index in [4.69, 9.17) is 14.0 Å². The van der Waals surface area contributed by atoms with Crippen molar-refractivity contribution in [3.05, 3.63) is 47.9 Å². The molecular weight excluding hydrogens is 326 g/mol. The Morgan fingerprint density at radius 3 is 2.68 bits per heavy atom. The zero-order valence-corrected chi connectivity index (χ0v) is 13.1. The van der Waals surface area contributed by atoms with Crippen molar-refractivity contribution in [2.24, 2.45) is 0 Å². The van der Waals surface area contributed by atoms with Crippen molar-refractivity contribution in [3.63, 3.8) is 0 Å². The van der Waals surface area contributed by atoms with Crippen molar-refractivity contribution in [2.75, 3.05) is 17.4 Å². The second kappa shape index (κ2) is 6.11. The predicted octanol–water partition coefficient (Wildman–Crippen LogP) is 2.50. The van der Waals surface area contributed by atoms with E-state index < -0.39 is 0 Å². The maximum atomic E-state index is 12.3. The third kappa shape index (κ3) is 3.20. The summed E-state index contributed by atoms with van der Waals surface area (Å²) >= 11 is 0. The number of carbonyl (C=O) groups excluding carboxylic acids is 1. The van der Waals surface area contributed by atoms with E-state index in [2.05, 4.69) is 26.0 Å². The number of carbonyl (C=O) groups is 1. The molecule has 9 heteroatoms. The third-order valence-corrected chi connectivity index (χ3v) is 3.41. The fourth-order valence-corrected chi connectivity index (χ4v) is 2.25. The number of fused-ring (bicyclic) bond motifs is 1. The first-order chi connectivity index (χ1) is 12.2. The zero-order valence-electron chi connectivity index (χ0n) is 13.1. The number of anilines is 3. The molecule has 0 spiro atoms. The molecule has 9 nitrogen and oxygen atoms in total. The van der Waals surface area contributed by atoms with E-state index in [1.165, 1.54) is 0 Å². The van der Waals surface area contributed by atoms with Gasteiger partial charge >= 0.3 is 0 Å². The average molecular weight is 339 g/mol. The molecule has 0 fully saturated rings. The number of nitrogens with one attached hydrogen (secondary N) is 2. The molecule has 25 heavy (non-hydrogen) atoms. The molecule has 0 saturated carbocycles. The fourth-order valence-electron chi connectivity index (χ4n) is 2.25. The summed E-state index contributed by atoms with van der Waals surface area (Å²) in [7, 11) is 0. The van der Waals surface area contributed by atoms with Crippen LogP contribution >= 0.6 is 0 Å². The lowest BCUT2D eigenvalue weighted by atomic mass is 10.2. The fraction of sp³-hybridized carbons (Fsp3) is 0.125. The molecular formula is C16H13N5O4. The summed E-state index contributed by atoms with van der Waals surface area (Å²) in [6.45, 7) is 1.96.